The van der Waals surface area contributed by atoms with E-state index in [2.05, 4.69) is 10.1 Å². The number of aliphatic hydroxyl groups is 1. The van der Waals surface area contributed by atoms with Gasteiger partial charge in [0.05, 0.1) is 0 Å². The van der Waals surface area contributed by atoms with Crippen LogP contribution in [0, 0.1) is 0 Å². The standard InChI is InChI=1S/C9H15N3O3/c1-9(3-2-4-14-9)8-11-7(15-12-8)6(13)5-10/h6,13H,2-5,10H2,1H3. The summed E-state index contributed by atoms with van der Waals surface area (Å²) in [4.78, 5) is 4.10. The second-order valence-corrected chi connectivity index (χ2v) is 3.89. The Morgan fingerprint density at radius 2 is 2.47 bits per heavy atom. The Morgan fingerprint density at radius 3 is 3.07 bits per heavy atom. The summed E-state index contributed by atoms with van der Waals surface area (Å²) in [5.74, 6) is 0.645. The maximum Gasteiger partial charge on any atom is 0.256 e. The molecule has 2 heterocycles. The quantitative estimate of drug-likeness (QED) is 0.738. The molecule has 1 aromatic heterocycles. The summed E-state index contributed by atoms with van der Waals surface area (Å²) in [6, 6.07) is 0. The van der Waals surface area contributed by atoms with Crippen molar-refractivity contribution in [3.63, 3.8) is 0 Å². The first-order valence-corrected chi connectivity index (χ1v) is 5.02. The van der Waals surface area contributed by atoms with E-state index in [0.717, 1.165) is 12.8 Å². The Bertz CT molecular complexity index is 333. The van der Waals surface area contributed by atoms with Crippen molar-refractivity contribution in [2.24, 2.45) is 5.73 Å². The monoisotopic (exact) mass is 213 g/mol. The van der Waals surface area contributed by atoms with E-state index < -0.39 is 11.7 Å². The second-order valence-electron chi connectivity index (χ2n) is 3.89. The minimum Gasteiger partial charge on any atom is -0.382 e. The lowest BCUT2D eigenvalue weighted by molar-refractivity contribution is 0.00767. The highest BCUT2D eigenvalue weighted by Crippen LogP contribution is 2.33. The highest BCUT2D eigenvalue weighted by molar-refractivity contribution is 5.02. The van der Waals surface area contributed by atoms with E-state index in [1.54, 1.807) is 0 Å². The van der Waals surface area contributed by atoms with Crippen molar-refractivity contribution >= 4 is 0 Å². The molecule has 0 aromatic carbocycles. The molecule has 2 rings (SSSR count). The number of aliphatic hydroxyl groups excluding tert-OH is 1. The average Bonchev–Trinajstić information content (AvgIpc) is 2.85. The molecule has 2 atom stereocenters. The van der Waals surface area contributed by atoms with Gasteiger partial charge in [-0.1, -0.05) is 5.16 Å². The lowest BCUT2D eigenvalue weighted by Crippen LogP contribution is -2.22. The number of hydrogen-bond donors (Lipinski definition) is 2. The van der Waals surface area contributed by atoms with E-state index in [0.29, 0.717) is 12.4 Å². The molecule has 1 saturated heterocycles. The minimum absolute atomic E-state index is 0.0687. The van der Waals surface area contributed by atoms with Gasteiger partial charge in [-0.2, -0.15) is 4.98 Å². The van der Waals surface area contributed by atoms with E-state index in [-0.39, 0.29) is 12.4 Å². The van der Waals surface area contributed by atoms with Crippen LogP contribution in [0.25, 0.3) is 0 Å². The van der Waals surface area contributed by atoms with Gasteiger partial charge in [-0.15, -0.1) is 0 Å². The first-order valence-electron chi connectivity index (χ1n) is 5.02. The van der Waals surface area contributed by atoms with Gasteiger partial charge in [0.15, 0.2) is 0 Å². The first kappa shape index (κ1) is 10.5. The molecule has 0 spiro atoms. The van der Waals surface area contributed by atoms with Crippen LogP contribution in [0.4, 0.5) is 0 Å². The Hall–Kier alpha value is -0.980. The number of nitrogens with zero attached hydrogens (tertiary/aromatic N) is 2. The fraction of sp³-hybridized carbons (Fsp3) is 0.778. The predicted octanol–water partition coefficient (Wildman–Crippen LogP) is 0.0873. The number of hydrogen-bond acceptors (Lipinski definition) is 6. The Kier molecular flexibility index (Phi) is 2.72. The van der Waals surface area contributed by atoms with Crippen molar-refractivity contribution in [2.45, 2.75) is 31.5 Å². The molecule has 0 amide bonds. The van der Waals surface area contributed by atoms with Gasteiger partial charge in [-0.3, -0.25) is 0 Å². The van der Waals surface area contributed by atoms with E-state index in [1.807, 2.05) is 6.92 Å². The van der Waals surface area contributed by atoms with E-state index in [9.17, 15) is 5.11 Å². The zero-order valence-corrected chi connectivity index (χ0v) is 8.64. The molecular weight excluding hydrogens is 198 g/mol. The summed E-state index contributed by atoms with van der Waals surface area (Å²) >= 11 is 0. The van der Waals surface area contributed by atoms with Gasteiger partial charge in [-0.05, 0) is 19.8 Å². The zero-order chi connectivity index (χ0) is 10.9. The summed E-state index contributed by atoms with van der Waals surface area (Å²) in [5.41, 5.74) is 4.81. The van der Waals surface area contributed by atoms with Crippen molar-refractivity contribution in [2.75, 3.05) is 13.2 Å². The van der Waals surface area contributed by atoms with Crippen LogP contribution in [-0.2, 0) is 10.3 Å². The van der Waals surface area contributed by atoms with Gasteiger partial charge in [0.2, 0.25) is 5.82 Å². The fourth-order valence-electron chi connectivity index (χ4n) is 1.64. The maximum absolute atomic E-state index is 9.41. The third kappa shape index (κ3) is 1.88. The highest BCUT2D eigenvalue weighted by Gasteiger charge is 2.37. The van der Waals surface area contributed by atoms with Crippen LogP contribution in [-0.4, -0.2) is 28.4 Å². The third-order valence-corrected chi connectivity index (χ3v) is 2.64. The smallest absolute Gasteiger partial charge is 0.256 e. The number of nitrogens with two attached hydrogens (primary N) is 1. The average molecular weight is 213 g/mol. The van der Waals surface area contributed by atoms with Crippen LogP contribution in [0.2, 0.25) is 0 Å². The largest absolute Gasteiger partial charge is 0.382 e. The molecule has 0 radical (unpaired) electrons. The molecule has 15 heavy (non-hydrogen) atoms. The molecule has 84 valence electrons. The molecule has 1 aromatic rings. The summed E-state index contributed by atoms with van der Waals surface area (Å²) in [6.45, 7) is 2.70. The molecule has 0 saturated carbocycles. The summed E-state index contributed by atoms with van der Waals surface area (Å²) in [5, 5.41) is 13.2. The SMILES string of the molecule is CC1(c2noc(C(O)CN)n2)CCCO1. The van der Waals surface area contributed by atoms with E-state index in [1.165, 1.54) is 0 Å². The van der Waals surface area contributed by atoms with Crippen molar-refractivity contribution in [1.29, 1.82) is 0 Å². The van der Waals surface area contributed by atoms with Gasteiger partial charge in [0, 0.05) is 13.2 Å². The van der Waals surface area contributed by atoms with Crippen LogP contribution in [0.5, 0.6) is 0 Å². The molecule has 3 N–H and O–H groups in total. The van der Waals surface area contributed by atoms with Crippen molar-refractivity contribution in [3.8, 4) is 0 Å². The van der Waals surface area contributed by atoms with Gasteiger partial charge >= 0.3 is 0 Å². The molecular formula is C9H15N3O3. The Morgan fingerprint density at radius 1 is 1.67 bits per heavy atom. The normalized spacial score (nSPS) is 28.2. The lowest BCUT2D eigenvalue weighted by Gasteiger charge is -2.17. The minimum atomic E-state index is -0.892. The lowest BCUT2D eigenvalue weighted by atomic mass is 10.0. The Labute approximate surface area is 87.4 Å². The predicted molar refractivity (Wildman–Crippen MR) is 50.9 cm³/mol. The summed E-state index contributed by atoms with van der Waals surface area (Å²) in [6.07, 6.45) is 0.959. The second kappa shape index (κ2) is 3.88. The molecule has 1 fully saturated rings. The number of aromatic nitrogens is 2. The maximum atomic E-state index is 9.41. The molecule has 2 unspecified atom stereocenters. The summed E-state index contributed by atoms with van der Waals surface area (Å²) < 4.78 is 10.5. The molecule has 6 heteroatoms. The molecule has 1 aliphatic heterocycles. The van der Waals surface area contributed by atoms with Gasteiger partial charge in [0.1, 0.15) is 11.7 Å². The number of rotatable bonds is 3. The van der Waals surface area contributed by atoms with Crippen LogP contribution in [0.1, 0.15) is 37.6 Å². The van der Waals surface area contributed by atoms with E-state index >= 15 is 0 Å². The van der Waals surface area contributed by atoms with Crippen LogP contribution >= 0.6 is 0 Å². The van der Waals surface area contributed by atoms with Crippen LogP contribution in [0.3, 0.4) is 0 Å². The molecule has 1 aliphatic rings. The Balaban J connectivity index is 2.19. The van der Waals surface area contributed by atoms with Crippen LogP contribution < -0.4 is 5.73 Å². The van der Waals surface area contributed by atoms with E-state index in [4.69, 9.17) is 15.0 Å². The van der Waals surface area contributed by atoms with Gasteiger partial charge in [-0.25, -0.2) is 0 Å². The van der Waals surface area contributed by atoms with Crippen molar-refractivity contribution < 1.29 is 14.4 Å². The van der Waals surface area contributed by atoms with Gasteiger partial charge in [0.25, 0.3) is 5.89 Å². The van der Waals surface area contributed by atoms with Crippen LogP contribution in [0.15, 0.2) is 4.52 Å². The number of ether oxygens (including phenoxy) is 1. The van der Waals surface area contributed by atoms with Gasteiger partial charge < -0.3 is 20.1 Å². The third-order valence-electron chi connectivity index (χ3n) is 2.64. The first-order chi connectivity index (χ1) is 7.15. The summed E-state index contributed by atoms with van der Waals surface area (Å²) in [7, 11) is 0. The highest BCUT2D eigenvalue weighted by atomic mass is 16.5. The van der Waals surface area contributed by atoms with Crippen molar-refractivity contribution in [1.82, 2.24) is 10.1 Å². The molecule has 0 bridgehead atoms. The van der Waals surface area contributed by atoms with Crippen molar-refractivity contribution in [3.05, 3.63) is 11.7 Å². The zero-order valence-electron chi connectivity index (χ0n) is 8.64. The molecule has 0 aliphatic carbocycles. The molecule has 6 nitrogen and oxygen atoms in total. The fourth-order valence-corrected chi connectivity index (χ4v) is 1.64. The topological polar surface area (TPSA) is 94.4 Å².